The third-order valence-corrected chi connectivity index (χ3v) is 4.46. The van der Waals surface area contributed by atoms with E-state index in [1.54, 1.807) is 4.68 Å². The molecule has 2 aromatic rings. The van der Waals surface area contributed by atoms with Gasteiger partial charge in [0.05, 0.1) is 5.69 Å². The molecule has 24 heavy (non-hydrogen) atoms. The second kappa shape index (κ2) is 7.62. The van der Waals surface area contributed by atoms with Crippen LogP contribution in [-0.4, -0.2) is 33.7 Å². The van der Waals surface area contributed by atoms with Gasteiger partial charge in [-0.15, -0.1) is 0 Å². The van der Waals surface area contributed by atoms with Crippen molar-refractivity contribution < 1.29 is 4.79 Å². The average Bonchev–Trinajstić information content (AvgIpc) is 2.86. The van der Waals surface area contributed by atoms with E-state index < -0.39 is 0 Å². The highest BCUT2D eigenvalue weighted by Crippen LogP contribution is 2.16. The highest BCUT2D eigenvalue weighted by Gasteiger charge is 2.11. The van der Waals surface area contributed by atoms with Gasteiger partial charge in [0.25, 0.3) is 0 Å². The average molecular weight is 326 g/mol. The Bertz CT molecular complexity index is 701. The summed E-state index contributed by atoms with van der Waals surface area (Å²) in [7, 11) is 0. The Balaban J connectivity index is 1.59. The summed E-state index contributed by atoms with van der Waals surface area (Å²) in [5.74, 6) is -0.0451. The first kappa shape index (κ1) is 16.7. The van der Waals surface area contributed by atoms with Crippen molar-refractivity contribution in [1.29, 1.82) is 0 Å². The lowest BCUT2D eigenvalue weighted by molar-refractivity contribution is -0.116. The molecule has 1 saturated heterocycles. The van der Waals surface area contributed by atoms with Crippen molar-refractivity contribution in [2.45, 2.75) is 46.2 Å². The molecule has 128 valence electrons. The smallest absolute Gasteiger partial charge is 0.246 e. The van der Waals surface area contributed by atoms with E-state index in [0.717, 1.165) is 23.6 Å². The van der Waals surface area contributed by atoms with Gasteiger partial charge in [0.15, 0.2) is 0 Å². The van der Waals surface area contributed by atoms with Crippen molar-refractivity contribution >= 4 is 11.6 Å². The summed E-state index contributed by atoms with van der Waals surface area (Å²) in [6.45, 7) is 7.46. The standard InChI is InChI=1S/C19H26N4O/c1-15-11-16(2)23(21-15)14-19(24)20-18-8-6-7-17(12-18)13-22-9-4-3-5-10-22/h6-8,11-12H,3-5,9-10,13-14H2,1-2H3,(H,20,24). The van der Waals surface area contributed by atoms with Gasteiger partial charge in [-0.3, -0.25) is 14.4 Å². The predicted octanol–water partition coefficient (Wildman–Crippen LogP) is 3.12. The van der Waals surface area contributed by atoms with Crippen LogP contribution in [0, 0.1) is 13.8 Å². The summed E-state index contributed by atoms with van der Waals surface area (Å²) in [4.78, 5) is 14.7. The Hall–Kier alpha value is -2.14. The molecule has 1 amide bonds. The van der Waals surface area contributed by atoms with Gasteiger partial charge < -0.3 is 5.32 Å². The first-order chi connectivity index (χ1) is 11.6. The zero-order valence-corrected chi connectivity index (χ0v) is 14.6. The van der Waals surface area contributed by atoms with E-state index in [-0.39, 0.29) is 12.5 Å². The highest BCUT2D eigenvalue weighted by molar-refractivity contribution is 5.90. The van der Waals surface area contributed by atoms with E-state index in [1.807, 2.05) is 32.0 Å². The Kier molecular flexibility index (Phi) is 5.30. The monoisotopic (exact) mass is 326 g/mol. The molecule has 0 spiro atoms. The predicted molar refractivity (Wildman–Crippen MR) is 95.9 cm³/mol. The third kappa shape index (κ3) is 4.45. The molecule has 1 N–H and O–H groups in total. The molecule has 0 unspecified atom stereocenters. The van der Waals surface area contributed by atoms with E-state index in [2.05, 4.69) is 27.4 Å². The number of aromatic nitrogens is 2. The second-order valence-corrected chi connectivity index (χ2v) is 6.67. The summed E-state index contributed by atoms with van der Waals surface area (Å²) < 4.78 is 1.74. The summed E-state index contributed by atoms with van der Waals surface area (Å²) in [5, 5.41) is 7.32. The number of benzene rings is 1. The zero-order valence-electron chi connectivity index (χ0n) is 14.6. The molecule has 0 saturated carbocycles. The van der Waals surface area contributed by atoms with Gasteiger partial charge in [-0.1, -0.05) is 18.6 Å². The van der Waals surface area contributed by atoms with Gasteiger partial charge >= 0.3 is 0 Å². The topological polar surface area (TPSA) is 50.2 Å². The van der Waals surface area contributed by atoms with Crippen molar-refractivity contribution in [3.8, 4) is 0 Å². The number of amides is 1. The highest BCUT2D eigenvalue weighted by atomic mass is 16.2. The van der Waals surface area contributed by atoms with Gasteiger partial charge in [0.1, 0.15) is 6.54 Å². The zero-order chi connectivity index (χ0) is 16.9. The van der Waals surface area contributed by atoms with E-state index in [1.165, 1.54) is 37.9 Å². The fourth-order valence-electron chi connectivity index (χ4n) is 3.29. The van der Waals surface area contributed by atoms with Crippen LogP contribution in [0.15, 0.2) is 30.3 Å². The Morgan fingerprint density at radius 1 is 1.17 bits per heavy atom. The number of carbonyl (C=O) groups excluding carboxylic acids is 1. The SMILES string of the molecule is Cc1cc(C)n(CC(=O)Nc2cccc(CN3CCCCC3)c2)n1. The van der Waals surface area contributed by atoms with Gasteiger partial charge in [-0.2, -0.15) is 5.10 Å². The molecule has 3 rings (SSSR count). The molecule has 0 bridgehead atoms. The molecule has 2 heterocycles. The molecule has 5 nitrogen and oxygen atoms in total. The van der Waals surface area contributed by atoms with Crippen molar-refractivity contribution in [3.05, 3.63) is 47.3 Å². The molecule has 0 aliphatic carbocycles. The van der Waals surface area contributed by atoms with Crippen LogP contribution in [0.25, 0.3) is 0 Å². The van der Waals surface area contributed by atoms with E-state index >= 15 is 0 Å². The molecule has 1 aromatic carbocycles. The van der Waals surface area contributed by atoms with Crippen molar-refractivity contribution in [3.63, 3.8) is 0 Å². The largest absolute Gasteiger partial charge is 0.324 e. The number of hydrogen-bond acceptors (Lipinski definition) is 3. The first-order valence-electron chi connectivity index (χ1n) is 8.72. The third-order valence-electron chi connectivity index (χ3n) is 4.46. The quantitative estimate of drug-likeness (QED) is 0.918. The Morgan fingerprint density at radius 3 is 2.67 bits per heavy atom. The van der Waals surface area contributed by atoms with Crippen LogP contribution in [-0.2, 0) is 17.9 Å². The summed E-state index contributed by atoms with van der Waals surface area (Å²) in [6, 6.07) is 10.1. The van der Waals surface area contributed by atoms with Crippen molar-refractivity contribution in [2.24, 2.45) is 0 Å². The number of likely N-dealkylation sites (tertiary alicyclic amines) is 1. The van der Waals surface area contributed by atoms with Crippen LogP contribution < -0.4 is 5.32 Å². The molecular weight excluding hydrogens is 300 g/mol. The van der Waals surface area contributed by atoms with Gasteiger partial charge in [0.2, 0.25) is 5.91 Å². The lowest BCUT2D eigenvalue weighted by Crippen LogP contribution is -2.29. The van der Waals surface area contributed by atoms with E-state index in [0.29, 0.717) is 0 Å². The molecule has 0 atom stereocenters. The van der Waals surface area contributed by atoms with Crippen LogP contribution in [0.5, 0.6) is 0 Å². The lowest BCUT2D eigenvalue weighted by Gasteiger charge is -2.26. The van der Waals surface area contributed by atoms with Crippen LogP contribution in [0.1, 0.15) is 36.2 Å². The normalized spacial score (nSPS) is 15.4. The Labute approximate surface area is 143 Å². The number of anilines is 1. The maximum absolute atomic E-state index is 12.3. The van der Waals surface area contributed by atoms with Gasteiger partial charge in [-0.05, 0) is 63.5 Å². The van der Waals surface area contributed by atoms with Gasteiger partial charge in [-0.25, -0.2) is 0 Å². The van der Waals surface area contributed by atoms with Crippen LogP contribution >= 0.6 is 0 Å². The van der Waals surface area contributed by atoms with E-state index in [4.69, 9.17) is 0 Å². The number of nitrogens with one attached hydrogen (secondary N) is 1. The lowest BCUT2D eigenvalue weighted by atomic mass is 10.1. The van der Waals surface area contributed by atoms with Crippen LogP contribution in [0.3, 0.4) is 0 Å². The number of nitrogens with zero attached hydrogens (tertiary/aromatic N) is 3. The minimum atomic E-state index is -0.0451. The number of hydrogen-bond donors (Lipinski definition) is 1. The van der Waals surface area contributed by atoms with Gasteiger partial charge in [0, 0.05) is 17.9 Å². The Morgan fingerprint density at radius 2 is 1.96 bits per heavy atom. The fourth-order valence-corrected chi connectivity index (χ4v) is 3.29. The number of aryl methyl sites for hydroxylation is 2. The molecule has 1 aliphatic heterocycles. The minimum Gasteiger partial charge on any atom is -0.324 e. The maximum atomic E-state index is 12.3. The number of piperidine rings is 1. The molecular formula is C19H26N4O. The summed E-state index contributed by atoms with van der Waals surface area (Å²) in [5.41, 5.74) is 4.04. The molecule has 0 radical (unpaired) electrons. The molecule has 1 fully saturated rings. The number of carbonyl (C=O) groups is 1. The fraction of sp³-hybridized carbons (Fsp3) is 0.474. The van der Waals surface area contributed by atoms with E-state index in [9.17, 15) is 4.79 Å². The van der Waals surface area contributed by atoms with Crippen LogP contribution in [0.2, 0.25) is 0 Å². The molecule has 5 heteroatoms. The van der Waals surface area contributed by atoms with Crippen molar-refractivity contribution in [2.75, 3.05) is 18.4 Å². The summed E-state index contributed by atoms with van der Waals surface area (Å²) in [6.07, 6.45) is 3.93. The number of rotatable bonds is 5. The second-order valence-electron chi connectivity index (χ2n) is 6.67. The van der Waals surface area contributed by atoms with Crippen molar-refractivity contribution in [1.82, 2.24) is 14.7 Å². The first-order valence-corrected chi connectivity index (χ1v) is 8.72. The van der Waals surface area contributed by atoms with Crippen LogP contribution in [0.4, 0.5) is 5.69 Å². The maximum Gasteiger partial charge on any atom is 0.246 e. The summed E-state index contributed by atoms with van der Waals surface area (Å²) >= 11 is 0. The molecule has 1 aromatic heterocycles. The molecule has 1 aliphatic rings. The minimum absolute atomic E-state index is 0.0451.